The third-order valence-corrected chi connectivity index (χ3v) is 5.49. The van der Waals surface area contributed by atoms with Crippen molar-refractivity contribution in [2.75, 3.05) is 18.2 Å². The normalized spacial score (nSPS) is 10.7. The second-order valence-electron chi connectivity index (χ2n) is 6.93. The minimum absolute atomic E-state index is 0.101. The maximum absolute atomic E-state index is 12.5. The van der Waals surface area contributed by atoms with Gasteiger partial charge in [0.1, 0.15) is 11.6 Å². The molecule has 4 aromatic rings. The molecule has 0 spiro atoms. The average Bonchev–Trinajstić information content (AvgIpc) is 3.20. The van der Waals surface area contributed by atoms with Gasteiger partial charge in [-0.05, 0) is 24.3 Å². The van der Waals surface area contributed by atoms with E-state index in [1.165, 1.54) is 17.8 Å². The Morgan fingerprint density at radius 3 is 2.64 bits per heavy atom. The zero-order valence-electron chi connectivity index (χ0n) is 17.6. The van der Waals surface area contributed by atoms with Crippen LogP contribution >= 0.6 is 11.8 Å². The van der Waals surface area contributed by atoms with E-state index in [0.29, 0.717) is 28.1 Å². The molecule has 3 N–H and O–H groups in total. The molecule has 0 saturated heterocycles. The monoisotopic (exact) mass is 464 g/mol. The summed E-state index contributed by atoms with van der Waals surface area (Å²) < 4.78 is 6.97. The first kappa shape index (κ1) is 22.1. The van der Waals surface area contributed by atoms with Crippen molar-refractivity contribution in [3.8, 4) is 11.4 Å². The lowest BCUT2D eigenvalue weighted by molar-refractivity contribution is -0.113. The van der Waals surface area contributed by atoms with Crippen LogP contribution in [-0.2, 0) is 11.2 Å². The van der Waals surface area contributed by atoms with Gasteiger partial charge in [0.25, 0.3) is 5.56 Å². The predicted molar refractivity (Wildman–Crippen MR) is 124 cm³/mol. The van der Waals surface area contributed by atoms with Crippen LogP contribution in [0, 0.1) is 0 Å². The van der Waals surface area contributed by atoms with Crippen LogP contribution < -0.4 is 21.3 Å². The number of aromatic amines is 2. The molecule has 168 valence electrons. The molecule has 4 rings (SSSR count). The molecule has 0 fully saturated rings. The van der Waals surface area contributed by atoms with E-state index in [4.69, 9.17) is 4.74 Å². The van der Waals surface area contributed by atoms with Crippen molar-refractivity contribution in [1.82, 2.24) is 24.7 Å². The van der Waals surface area contributed by atoms with E-state index >= 15 is 0 Å². The highest BCUT2D eigenvalue weighted by Crippen LogP contribution is 2.24. The van der Waals surface area contributed by atoms with Crippen molar-refractivity contribution in [1.29, 1.82) is 0 Å². The first-order chi connectivity index (χ1) is 16.0. The Hall–Kier alpha value is -4.12. The van der Waals surface area contributed by atoms with Gasteiger partial charge in [-0.1, -0.05) is 36.0 Å². The third kappa shape index (κ3) is 5.57. The van der Waals surface area contributed by atoms with E-state index in [1.807, 2.05) is 30.3 Å². The van der Waals surface area contributed by atoms with Crippen molar-refractivity contribution >= 4 is 23.4 Å². The van der Waals surface area contributed by atoms with Gasteiger partial charge in [-0.2, -0.15) is 0 Å². The number of para-hydroxylation sites is 1. The zero-order valence-corrected chi connectivity index (χ0v) is 18.4. The summed E-state index contributed by atoms with van der Waals surface area (Å²) in [5.41, 5.74) is 0.736. The highest BCUT2D eigenvalue weighted by molar-refractivity contribution is 7.99. The largest absolute Gasteiger partial charge is 0.497 e. The number of thioether (sulfide) groups is 1. The highest BCUT2D eigenvalue weighted by Gasteiger charge is 2.17. The molecule has 0 unspecified atom stereocenters. The Kier molecular flexibility index (Phi) is 6.69. The second-order valence-corrected chi connectivity index (χ2v) is 7.87. The number of amides is 1. The van der Waals surface area contributed by atoms with Crippen LogP contribution in [0.3, 0.4) is 0 Å². The second kappa shape index (κ2) is 10.0. The van der Waals surface area contributed by atoms with Gasteiger partial charge in [-0.3, -0.25) is 19.1 Å². The van der Waals surface area contributed by atoms with Crippen LogP contribution in [0.2, 0.25) is 0 Å². The predicted octanol–water partition coefficient (Wildman–Crippen LogP) is 1.97. The molecule has 0 bridgehead atoms. The molecule has 2 aromatic carbocycles. The number of ether oxygens (including phenoxy) is 1. The van der Waals surface area contributed by atoms with Gasteiger partial charge in [0.2, 0.25) is 5.91 Å². The number of hydrogen-bond donors (Lipinski definition) is 3. The summed E-state index contributed by atoms with van der Waals surface area (Å²) in [6, 6.07) is 17.8. The van der Waals surface area contributed by atoms with E-state index in [0.717, 1.165) is 5.69 Å². The lowest BCUT2D eigenvalue weighted by Gasteiger charge is -2.10. The van der Waals surface area contributed by atoms with Gasteiger partial charge in [0, 0.05) is 35.6 Å². The molecule has 0 aliphatic rings. The summed E-state index contributed by atoms with van der Waals surface area (Å²) in [6.45, 7) is 0. The van der Waals surface area contributed by atoms with Crippen LogP contribution in [0.5, 0.6) is 5.75 Å². The maximum Gasteiger partial charge on any atom is 0.325 e. The van der Waals surface area contributed by atoms with Crippen molar-refractivity contribution in [2.24, 2.45) is 0 Å². The first-order valence-corrected chi connectivity index (χ1v) is 10.9. The number of nitrogens with zero attached hydrogens (tertiary/aromatic N) is 3. The number of benzene rings is 2. The van der Waals surface area contributed by atoms with Crippen molar-refractivity contribution in [3.05, 3.63) is 93.0 Å². The highest BCUT2D eigenvalue weighted by atomic mass is 32.2. The number of anilines is 1. The van der Waals surface area contributed by atoms with Gasteiger partial charge in [-0.15, -0.1) is 10.2 Å². The Bertz CT molecular complexity index is 1350. The fraction of sp³-hybridized carbons (Fsp3) is 0.136. The van der Waals surface area contributed by atoms with Crippen LogP contribution in [0.4, 0.5) is 5.69 Å². The molecule has 0 saturated carbocycles. The molecular formula is C22H20N6O4S. The van der Waals surface area contributed by atoms with Gasteiger partial charge < -0.3 is 15.0 Å². The summed E-state index contributed by atoms with van der Waals surface area (Å²) >= 11 is 1.22. The van der Waals surface area contributed by atoms with E-state index in [-0.39, 0.29) is 18.1 Å². The van der Waals surface area contributed by atoms with Crippen molar-refractivity contribution in [3.63, 3.8) is 0 Å². The van der Waals surface area contributed by atoms with Crippen LogP contribution in [-0.4, -0.2) is 43.5 Å². The summed E-state index contributed by atoms with van der Waals surface area (Å²) in [5.74, 6) is 1.05. The summed E-state index contributed by atoms with van der Waals surface area (Å²) in [7, 11) is 1.56. The smallest absolute Gasteiger partial charge is 0.325 e. The number of nitrogens with one attached hydrogen (secondary N) is 3. The number of hydrogen-bond acceptors (Lipinski definition) is 7. The fourth-order valence-corrected chi connectivity index (χ4v) is 3.93. The average molecular weight is 465 g/mol. The lowest BCUT2D eigenvalue weighted by Crippen LogP contribution is -2.23. The van der Waals surface area contributed by atoms with Crippen molar-refractivity contribution in [2.45, 2.75) is 11.6 Å². The standard InChI is InChI=1S/C22H20N6O4S/c1-32-17-9-5-6-14(10-17)23-20(30)13-33-22-27-26-18(28(22)16-7-3-2-4-8-16)11-15-12-19(29)25-21(31)24-15/h2-10,12H,11,13H2,1H3,(H,23,30)(H2,24,25,29,31). The molecule has 1 amide bonds. The molecular weight excluding hydrogens is 444 g/mol. The fourth-order valence-electron chi connectivity index (χ4n) is 3.16. The topological polar surface area (TPSA) is 135 Å². The van der Waals surface area contributed by atoms with E-state index in [2.05, 4.69) is 25.5 Å². The minimum Gasteiger partial charge on any atom is -0.497 e. The van der Waals surface area contributed by atoms with Gasteiger partial charge in [-0.25, -0.2) is 4.79 Å². The quantitative estimate of drug-likeness (QED) is 0.339. The molecule has 0 radical (unpaired) electrons. The number of rotatable bonds is 8. The molecule has 2 heterocycles. The molecule has 0 atom stereocenters. The van der Waals surface area contributed by atoms with Gasteiger partial charge in [0.15, 0.2) is 5.16 Å². The zero-order chi connectivity index (χ0) is 23.2. The number of carbonyl (C=O) groups excluding carboxylic acids is 1. The SMILES string of the molecule is COc1cccc(NC(=O)CSc2nnc(Cc3cc(=O)[nH]c(=O)[nH]3)n2-c2ccccc2)c1. The molecule has 10 nitrogen and oxygen atoms in total. The van der Waals surface area contributed by atoms with E-state index in [9.17, 15) is 14.4 Å². The molecule has 0 aliphatic carbocycles. The maximum atomic E-state index is 12.5. The lowest BCUT2D eigenvalue weighted by atomic mass is 10.2. The minimum atomic E-state index is -0.591. The third-order valence-electron chi connectivity index (χ3n) is 4.57. The number of aromatic nitrogens is 5. The summed E-state index contributed by atoms with van der Waals surface area (Å²) in [5, 5.41) is 11.8. The van der Waals surface area contributed by atoms with Gasteiger partial charge in [0.05, 0.1) is 12.9 Å². The Morgan fingerprint density at radius 2 is 1.88 bits per heavy atom. The first-order valence-electron chi connectivity index (χ1n) is 9.91. The molecule has 11 heteroatoms. The Labute approximate surface area is 192 Å². The van der Waals surface area contributed by atoms with Crippen molar-refractivity contribution < 1.29 is 9.53 Å². The van der Waals surface area contributed by atoms with E-state index < -0.39 is 11.2 Å². The van der Waals surface area contributed by atoms with Crippen LogP contribution in [0.1, 0.15) is 11.5 Å². The number of H-pyrrole nitrogens is 2. The number of methoxy groups -OCH3 is 1. The molecule has 2 aromatic heterocycles. The van der Waals surface area contributed by atoms with E-state index in [1.54, 1.807) is 35.9 Å². The van der Waals surface area contributed by atoms with Crippen LogP contribution in [0.15, 0.2) is 75.4 Å². The summed E-state index contributed by atoms with van der Waals surface area (Å²) in [4.78, 5) is 40.5. The summed E-state index contributed by atoms with van der Waals surface area (Å²) in [6.07, 6.45) is 0.178. The van der Waals surface area contributed by atoms with Gasteiger partial charge >= 0.3 is 5.69 Å². The molecule has 0 aliphatic heterocycles. The Balaban J connectivity index is 1.55. The molecule has 33 heavy (non-hydrogen) atoms. The number of carbonyl (C=O) groups is 1. The van der Waals surface area contributed by atoms with Crippen LogP contribution in [0.25, 0.3) is 5.69 Å². The Morgan fingerprint density at radius 1 is 1.06 bits per heavy atom.